The number of amides is 2. The van der Waals surface area contributed by atoms with Crippen molar-refractivity contribution in [2.75, 3.05) is 33.9 Å². The molecule has 42 heavy (non-hydrogen) atoms. The minimum absolute atomic E-state index is 0.0373. The van der Waals surface area contributed by atoms with E-state index >= 15 is 0 Å². The smallest absolute Gasteiger partial charge is 0.243 e. The molecule has 0 bridgehead atoms. The molecular formula is C32H44N4O6. The summed E-state index contributed by atoms with van der Waals surface area (Å²) in [7, 11) is 3.37. The summed E-state index contributed by atoms with van der Waals surface area (Å²) in [6, 6.07) is 8.06. The number of rotatable bonds is 10. The predicted octanol–water partition coefficient (Wildman–Crippen LogP) is 2.73. The number of nitriles is 1. The molecule has 2 saturated heterocycles. The van der Waals surface area contributed by atoms with E-state index in [-0.39, 0.29) is 54.7 Å². The number of likely N-dealkylation sites (tertiary alicyclic amines) is 2. The fourth-order valence-electron chi connectivity index (χ4n) is 7.09. The lowest BCUT2D eigenvalue weighted by molar-refractivity contribution is -0.148. The number of ether oxygens (including phenoxy) is 3. The van der Waals surface area contributed by atoms with Crippen molar-refractivity contribution < 1.29 is 28.9 Å². The molecule has 3 aliphatic heterocycles. The average molecular weight is 581 g/mol. The maximum Gasteiger partial charge on any atom is 0.243 e. The maximum absolute atomic E-state index is 14.1. The fourth-order valence-corrected chi connectivity index (χ4v) is 7.09. The molecule has 1 aromatic carbocycles. The molecular weight excluding hydrogens is 536 g/mol. The number of nitrogens with one attached hydrogen (secondary N) is 1. The Morgan fingerprint density at radius 3 is 2.40 bits per heavy atom. The highest BCUT2D eigenvalue weighted by atomic mass is 16.7. The Balaban J connectivity index is 1.27. The van der Waals surface area contributed by atoms with Gasteiger partial charge in [-0.3, -0.25) is 14.5 Å². The lowest BCUT2D eigenvalue weighted by atomic mass is 9.90. The van der Waals surface area contributed by atoms with Crippen molar-refractivity contribution in [2.45, 2.75) is 82.6 Å². The molecule has 10 nitrogen and oxygen atoms in total. The molecule has 5 rings (SSSR count). The summed E-state index contributed by atoms with van der Waals surface area (Å²) in [6.45, 7) is 7.80. The van der Waals surface area contributed by atoms with Crippen LogP contribution in [0.25, 0.3) is 0 Å². The second-order valence-corrected chi connectivity index (χ2v) is 12.6. The van der Waals surface area contributed by atoms with Crippen LogP contribution in [0.3, 0.4) is 0 Å². The highest BCUT2D eigenvalue weighted by Gasteiger charge is 2.64. The van der Waals surface area contributed by atoms with Crippen LogP contribution in [0, 0.1) is 29.1 Å². The average Bonchev–Trinajstić information content (AvgIpc) is 3.32. The molecule has 3 heterocycles. The zero-order valence-corrected chi connectivity index (χ0v) is 25.3. The van der Waals surface area contributed by atoms with Crippen LogP contribution in [0.1, 0.15) is 63.6 Å². The standard InChI is InChI=1S/C32H44N4O6/c1-19(2)28(26-15-32(16-27(32)42-26)35-12-10-23(11-13-35)31(40-4)41-5)30(39)36-18-24(37)14-25(36)29(38)34-20(3)22-8-6-21(17-33)7-9-22/h6-9,15,19-20,23-25,27-28,31,37H,10-14,16,18H2,1-5H3,(H,34,38)/t20-,24+,25-,27?,28+,32?/m0/s1. The van der Waals surface area contributed by atoms with Crippen molar-refractivity contribution >= 4 is 11.8 Å². The molecule has 0 radical (unpaired) electrons. The molecule has 2 amide bonds. The first kappa shape index (κ1) is 30.5. The molecule has 6 atom stereocenters. The largest absolute Gasteiger partial charge is 0.492 e. The van der Waals surface area contributed by atoms with E-state index in [0.29, 0.717) is 17.2 Å². The Kier molecular flexibility index (Phi) is 8.95. The van der Waals surface area contributed by atoms with Crippen LogP contribution in [0.15, 0.2) is 36.1 Å². The minimum Gasteiger partial charge on any atom is -0.492 e. The van der Waals surface area contributed by atoms with Gasteiger partial charge in [-0.15, -0.1) is 0 Å². The lowest BCUT2D eigenvalue weighted by Crippen LogP contribution is -2.49. The first-order chi connectivity index (χ1) is 20.1. The number of β-amino-alcohol motifs (C(OH)–C–C–N with tert-alkyl or cyclic N) is 1. The van der Waals surface area contributed by atoms with E-state index in [2.05, 4.69) is 22.4 Å². The lowest BCUT2D eigenvalue weighted by Gasteiger charge is -2.37. The van der Waals surface area contributed by atoms with E-state index in [1.54, 1.807) is 26.4 Å². The summed E-state index contributed by atoms with van der Waals surface area (Å²) in [6.07, 6.45) is 4.29. The molecule has 2 N–H and O–H groups in total. The van der Waals surface area contributed by atoms with Gasteiger partial charge in [-0.05, 0) is 62.5 Å². The van der Waals surface area contributed by atoms with E-state index in [1.165, 1.54) is 4.90 Å². The van der Waals surface area contributed by atoms with Gasteiger partial charge in [0.15, 0.2) is 6.29 Å². The van der Waals surface area contributed by atoms with Crippen molar-refractivity contribution in [2.24, 2.45) is 17.8 Å². The van der Waals surface area contributed by atoms with E-state index in [1.807, 2.05) is 32.9 Å². The Labute approximate surface area is 248 Å². The number of aliphatic hydroxyl groups excluding tert-OH is 1. The molecule has 228 valence electrons. The monoisotopic (exact) mass is 580 g/mol. The topological polar surface area (TPSA) is 124 Å². The molecule has 3 fully saturated rings. The number of benzene rings is 1. The van der Waals surface area contributed by atoms with Crippen LogP contribution in [0.4, 0.5) is 0 Å². The van der Waals surface area contributed by atoms with Gasteiger partial charge in [-0.2, -0.15) is 5.26 Å². The number of piperidine rings is 1. The van der Waals surface area contributed by atoms with Crippen molar-refractivity contribution in [1.29, 1.82) is 5.26 Å². The van der Waals surface area contributed by atoms with Gasteiger partial charge in [-0.25, -0.2) is 0 Å². The summed E-state index contributed by atoms with van der Waals surface area (Å²) >= 11 is 0. The Morgan fingerprint density at radius 1 is 1.14 bits per heavy atom. The number of hydrogen-bond acceptors (Lipinski definition) is 8. The van der Waals surface area contributed by atoms with Crippen molar-refractivity contribution in [3.63, 3.8) is 0 Å². The normalized spacial score (nSPS) is 29.1. The molecule has 1 saturated carbocycles. The highest BCUT2D eigenvalue weighted by Crippen LogP contribution is 2.55. The summed E-state index contributed by atoms with van der Waals surface area (Å²) in [5.74, 6) is -0.0239. The number of hydrogen-bond donors (Lipinski definition) is 2. The number of aliphatic hydroxyl groups is 1. The highest BCUT2D eigenvalue weighted by molar-refractivity contribution is 5.90. The molecule has 1 aromatic rings. The number of fused-ring (bicyclic) bond motifs is 1. The molecule has 10 heteroatoms. The zero-order chi connectivity index (χ0) is 30.2. The second kappa shape index (κ2) is 12.3. The van der Waals surface area contributed by atoms with Crippen LogP contribution in [0.2, 0.25) is 0 Å². The summed E-state index contributed by atoms with van der Waals surface area (Å²) < 4.78 is 17.4. The quantitative estimate of drug-likeness (QED) is 0.405. The van der Waals surface area contributed by atoms with Crippen LogP contribution < -0.4 is 5.32 Å². The third-order valence-electron chi connectivity index (χ3n) is 9.56. The molecule has 4 aliphatic rings. The van der Waals surface area contributed by atoms with Gasteiger partial charge < -0.3 is 29.5 Å². The Bertz CT molecular complexity index is 1220. The van der Waals surface area contributed by atoms with E-state index in [0.717, 1.165) is 37.9 Å². The van der Waals surface area contributed by atoms with Crippen LogP contribution in [0.5, 0.6) is 0 Å². The third-order valence-corrected chi connectivity index (χ3v) is 9.56. The summed E-state index contributed by atoms with van der Waals surface area (Å²) in [4.78, 5) is 31.5. The summed E-state index contributed by atoms with van der Waals surface area (Å²) in [5.41, 5.74) is 1.23. The van der Waals surface area contributed by atoms with Gasteiger partial charge in [0.25, 0.3) is 0 Å². The van der Waals surface area contributed by atoms with Crippen molar-refractivity contribution in [3.05, 3.63) is 47.2 Å². The van der Waals surface area contributed by atoms with Gasteiger partial charge in [0.05, 0.1) is 35.2 Å². The van der Waals surface area contributed by atoms with Gasteiger partial charge in [-0.1, -0.05) is 26.0 Å². The predicted molar refractivity (Wildman–Crippen MR) is 155 cm³/mol. The molecule has 2 unspecified atom stereocenters. The van der Waals surface area contributed by atoms with Crippen LogP contribution in [-0.4, -0.2) is 90.7 Å². The van der Waals surface area contributed by atoms with Crippen molar-refractivity contribution in [3.8, 4) is 6.07 Å². The number of methoxy groups -OCH3 is 2. The van der Waals surface area contributed by atoms with Gasteiger partial charge in [0, 0.05) is 39.5 Å². The Morgan fingerprint density at radius 2 is 1.81 bits per heavy atom. The Hall–Kier alpha value is -2.97. The fraction of sp³-hybridized carbons (Fsp3) is 0.656. The third kappa shape index (κ3) is 5.80. The molecule has 1 aliphatic carbocycles. The van der Waals surface area contributed by atoms with Crippen LogP contribution >= 0.6 is 0 Å². The van der Waals surface area contributed by atoms with Gasteiger partial charge in [0.2, 0.25) is 11.8 Å². The first-order valence-electron chi connectivity index (χ1n) is 15.1. The maximum atomic E-state index is 14.1. The zero-order valence-electron chi connectivity index (χ0n) is 25.3. The van der Waals surface area contributed by atoms with Gasteiger partial charge >= 0.3 is 0 Å². The number of carbonyl (C=O) groups is 2. The van der Waals surface area contributed by atoms with E-state index in [9.17, 15) is 14.7 Å². The van der Waals surface area contributed by atoms with Crippen molar-refractivity contribution in [1.82, 2.24) is 15.1 Å². The van der Waals surface area contributed by atoms with Gasteiger partial charge in [0.1, 0.15) is 17.9 Å². The molecule has 0 aromatic heterocycles. The van der Waals surface area contributed by atoms with E-state index < -0.39 is 18.1 Å². The van der Waals surface area contributed by atoms with Crippen LogP contribution in [-0.2, 0) is 23.8 Å². The second-order valence-electron chi connectivity index (χ2n) is 12.6. The summed E-state index contributed by atoms with van der Waals surface area (Å²) in [5, 5.41) is 22.6. The first-order valence-corrected chi connectivity index (χ1v) is 15.1. The minimum atomic E-state index is -0.773. The SMILES string of the molecule is COC(OC)C1CCN(C23C=C([C@H](C(=O)N4C[C@H](O)C[C@H]4C(=O)N[C@@H](C)c4ccc(C#N)cc4)C(C)C)OC2C3)CC1. The van der Waals surface area contributed by atoms with E-state index in [4.69, 9.17) is 19.5 Å². The number of carbonyl (C=O) groups excluding carboxylic acids is 2. The molecule has 0 spiro atoms. The number of nitrogens with zero attached hydrogens (tertiary/aromatic N) is 3.